The molecule has 2 aromatic rings. The molecule has 1 heteroatoms. The summed E-state index contributed by atoms with van der Waals surface area (Å²) in [6, 6.07) is 17.5. The zero-order valence-corrected chi connectivity index (χ0v) is 14.4. The number of allylic oxidation sites excluding steroid dienone is 2. The lowest BCUT2D eigenvalue weighted by atomic mass is 9.84. The van der Waals surface area contributed by atoms with E-state index in [1.165, 1.54) is 27.8 Å². The second-order valence-electron chi connectivity index (χ2n) is 7.29. The molecule has 0 fully saturated rings. The van der Waals surface area contributed by atoms with E-state index in [1.807, 2.05) is 0 Å². The number of hydrogen-bond acceptors (Lipinski definition) is 1. The molecule has 1 aliphatic rings. The van der Waals surface area contributed by atoms with Crippen molar-refractivity contribution in [3.8, 4) is 11.1 Å². The molecule has 0 aromatic heterocycles. The molecule has 23 heavy (non-hydrogen) atoms. The number of benzene rings is 2. The summed E-state index contributed by atoms with van der Waals surface area (Å²) in [7, 11) is 0. The van der Waals surface area contributed by atoms with Gasteiger partial charge in [0.05, 0.1) is 6.04 Å². The van der Waals surface area contributed by atoms with Crippen LogP contribution in [0.2, 0.25) is 0 Å². The Bertz CT molecular complexity index is 745. The van der Waals surface area contributed by atoms with Crippen molar-refractivity contribution in [2.75, 3.05) is 0 Å². The van der Waals surface area contributed by atoms with E-state index in [0.29, 0.717) is 0 Å². The second-order valence-corrected chi connectivity index (χ2v) is 7.29. The maximum absolute atomic E-state index is 3.56. The van der Waals surface area contributed by atoms with Gasteiger partial charge in [0.25, 0.3) is 0 Å². The molecule has 1 unspecified atom stereocenters. The molecule has 0 bridgehead atoms. The van der Waals surface area contributed by atoms with Crippen LogP contribution in [0.4, 0.5) is 0 Å². The van der Waals surface area contributed by atoms with Crippen LogP contribution >= 0.6 is 0 Å². The summed E-state index contributed by atoms with van der Waals surface area (Å²) in [5, 5.41) is 3.56. The van der Waals surface area contributed by atoms with E-state index < -0.39 is 0 Å². The van der Waals surface area contributed by atoms with Gasteiger partial charge in [0, 0.05) is 6.20 Å². The molecule has 3 rings (SSSR count). The van der Waals surface area contributed by atoms with Gasteiger partial charge in [0.2, 0.25) is 0 Å². The Morgan fingerprint density at radius 2 is 1.65 bits per heavy atom. The molecule has 0 saturated heterocycles. The normalized spacial score (nSPS) is 17.6. The summed E-state index contributed by atoms with van der Waals surface area (Å²) < 4.78 is 0. The van der Waals surface area contributed by atoms with Crippen molar-refractivity contribution in [2.45, 2.75) is 33.7 Å². The lowest BCUT2D eigenvalue weighted by Gasteiger charge is -2.27. The van der Waals surface area contributed by atoms with Crippen molar-refractivity contribution in [3.63, 3.8) is 0 Å². The molecule has 0 amide bonds. The van der Waals surface area contributed by atoms with Crippen LogP contribution in [0, 0.1) is 12.3 Å². The summed E-state index contributed by atoms with van der Waals surface area (Å²) in [4.78, 5) is 0. The maximum Gasteiger partial charge on any atom is 0.0698 e. The molecule has 1 aliphatic heterocycles. The summed E-state index contributed by atoms with van der Waals surface area (Å²) in [6.45, 7) is 8.91. The van der Waals surface area contributed by atoms with E-state index in [2.05, 4.69) is 99.9 Å². The fourth-order valence-corrected chi connectivity index (χ4v) is 2.93. The van der Waals surface area contributed by atoms with Crippen molar-refractivity contribution in [1.29, 1.82) is 0 Å². The van der Waals surface area contributed by atoms with Crippen molar-refractivity contribution >= 4 is 0 Å². The summed E-state index contributed by atoms with van der Waals surface area (Å²) >= 11 is 0. The summed E-state index contributed by atoms with van der Waals surface area (Å²) in [5.74, 6) is 0. The summed E-state index contributed by atoms with van der Waals surface area (Å²) in [6.07, 6.45) is 6.70. The fourth-order valence-electron chi connectivity index (χ4n) is 2.93. The molecule has 1 N–H and O–H groups in total. The van der Waals surface area contributed by atoms with Gasteiger partial charge in [-0.2, -0.15) is 0 Å². The van der Waals surface area contributed by atoms with Crippen LogP contribution in [0.3, 0.4) is 0 Å². The van der Waals surface area contributed by atoms with Gasteiger partial charge in [-0.05, 0) is 46.2 Å². The van der Waals surface area contributed by atoms with E-state index in [9.17, 15) is 0 Å². The van der Waals surface area contributed by atoms with Crippen LogP contribution in [0.5, 0.6) is 0 Å². The molecular weight excluding hydrogens is 278 g/mol. The van der Waals surface area contributed by atoms with E-state index in [-0.39, 0.29) is 11.5 Å². The van der Waals surface area contributed by atoms with E-state index in [0.717, 1.165) is 0 Å². The Hall–Kier alpha value is -2.28. The van der Waals surface area contributed by atoms with Crippen molar-refractivity contribution in [1.82, 2.24) is 5.32 Å². The van der Waals surface area contributed by atoms with E-state index in [1.54, 1.807) is 0 Å². The highest BCUT2D eigenvalue weighted by Gasteiger charge is 2.20. The zero-order chi connectivity index (χ0) is 16.4. The van der Waals surface area contributed by atoms with Crippen molar-refractivity contribution < 1.29 is 0 Å². The van der Waals surface area contributed by atoms with Crippen LogP contribution in [0.15, 0.2) is 72.5 Å². The zero-order valence-electron chi connectivity index (χ0n) is 14.4. The lowest BCUT2D eigenvalue weighted by molar-refractivity contribution is 0.505. The number of nitrogens with one attached hydrogen (secondary N) is 1. The van der Waals surface area contributed by atoms with Gasteiger partial charge in [-0.25, -0.2) is 0 Å². The average Bonchev–Trinajstić information content (AvgIpc) is 2.55. The molecule has 118 valence electrons. The Morgan fingerprint density at radius 1 is 0.913 bits per heavy atom. The molecule has 0 aliphatic carbocycles. The minimum atomic E-state index is 0.176. The number of hydrogen-bond donors (Lipinski definition) is 1. The minimum Gasteiger partial charge on any atom is -0.380 e. The van der Waals surface area contributed by atoms with Crippen molar-refractivity contribution in [3.05, 3.63) is 83.6 Å². The van der Waals surface area contributed by atoms with Gasteiger partial charge in [-0.3, -0.25) is 0 Å². The first-order valence-corrected chi connectivity index (χ1v) is 8.26. The topological polar surface area (TPSA) is 12.0 Å². The largest absolute Gasteiger partial charge is 0.380 e. The Kier molecular flexibility index (Phi) is 4.12. The van der Waals surface area contributed by atoms with Crippen LogP contribution < -0.4 is 5.32 Å². The SMILES string of the molecule is Cc1ccc(-c2ccccc2)cc1C1C=CC(C(C)(C)C)=CN1. The first-order valence-electron chi connectivity index (χ1n) is 8.26. The minimum absolute atomic E-state index is 0.176. The maximum atomic E-state index is 3.56. The number of dihydropyridines is 1. The molecule has 1 atom stereocenters. The first kappa shape index (κ1) is 15.6. The predicted octanol–water partition coefficient (Wildman–Crippen LogP) is 5.79. The third-order valence-electron chi connectivity index (χ3n) is 4.47. The van der Waals surface area contributed by atoms with E-state index >= 15 is 0 Å². The molecule has 0 radical (unpaired) electrons. The standard InChI is InChI=1S/C22H25N/c1-16-10-11-18(17-8-6-5-7-9-17)14-20(16)21-13-12-19(15-23-21)22(2,3)4/h5-15,21,23H,1-4H3. The summed E-state index contributed by atoms with van der Waals surface area (Å²) in [5.41, 5.74) is 6.71. The third kappa shape index (κ3) is 3.39. The second kappa shape index (κ2) is 6.08. The van der Waals surface area contributed by atoms with Crippen LogP contribution in [0.1, 0.15) is 37.9 Å². The smallest absolute Gasteiger partial charge is 0.0698 e. The molecule has 0 spiro atoms. The number of aryl methyl sites for hydroxylation is 1. The number of rotatable bonds is 2. The highest BCUT2D eigenvalue weighted by Crippen LogP contribution is 2.32. The Labute approximate surface area is 139 Å². The first-order chi connectivity index (χ1) is 10.9. The van der Waals surface area contributed by atoms with Gasteiger partial charge < -0.3 is 5.32 Å². The third-order valence-corrected chi connectivity index (χ3v) is 4.47. The quantitative estimate of drug-likeness (QED) is 0.740. The van der Waals surface area contributed by atoms with Gasteiger partial charge in [0.15, 0.2) is 0 Å². The predicted molar refractivity (Wildman–Crippen MR) is 99.2 cm³/mol. The van der Waals surface area contributed by atoms with Gasteiger partial charge in [-0.1, -0.05) is 75.4 Å². The molecule has 1 heterocycles. The lowest BCUT2D eigenvalue weighted by Crippen LogP contribution is -2.21. The van der Waals surface area contributed by atoms with Crippen LogP contribution in [0.25, 0.3) is 11.1 Å². The van der Waals surface area contributed by atoms with Gasteiger partial charge >= 0.3 is 0 Å². The highest BCUT2D eigenvalue weighted by molar-refractivity contribution is 5.65. The van der Waals surface area contributed by atoms with Crippen molar-refractivity contribution in [2.24, 2.45) is 5.41 Å². The molecule has 0 saturated carbocycles. The molecular formula is C22H25N. The Morgan fingerprint density at radius 3 is 2.26 bits per heavy atom. The van der Waals surface area contributed by atoms with Gasteiger partial charge in [0.1, 0.15) is 0 Å². The molecule has 1 nitrogen and oxygen atoms in total. The highest BCUT2D eigenvalue weighted by atomic mass is 14.9. The Balaban J connectivity index is 1.90. The average molecular weight is 303 g/mol. The van der Waals surface area contributed by atoms with Gasteiger partial charge in [-0.15, -0.1) is 0 Å². The van der Waals surface area contributed by atoms with Crippen LogP contribution in [-0.4, -0.2) is 0 Å². The van der Waals surface area contributed by atoms with E-state index in [4.69, 9.17) is 0 Å². The molecule has 2 aromatic carbocycles. The monoisotopic (exact) mass is 303 g/mol. The fraction of sp³-hybridized carbons (Fsp3) is 0.273. The van der Waals surface area contributed by atoms with Crippen LogP contribution in [-0.2, 0) is 0 Å².